The van der Waals surface area contributed by atoms with Crippen molar-refractivity contribution in [1.29, 1.82) is 0 Å². The molecule has 1 aromatic rings. The van der Waals surface area contributed by atoms with E-state index in [0.717, 1.165) is 50.0 Å². The SMILES string of the molecule is CCc1nccn1[C@H]1CCCN(C(=O)CC(C2CC2)C2CC2)C1. The number of piperidine rings is 1. The van der Waals surface area contributed by atoms with E-state index in [1.807, 2.05) is 6.20 Å². The van der Waals surface area contributed by atoms with Crippen LogP contribution < -0.4 is 0 Å². The summed E-state index contributed by atoms with van der Waals surface area (Å²) < 4.78 is 2.30. The van der Waals surface area contributed by atoms with Crippen molar-refractivity contribution in [3.8, 4) is 0 Å². The summed E-state index contributed by atoms with van der Waals surface area (Å²) in [5, 5.41) is 0. The zero-order valence-corrected chi connectivity index (χ0v) is 14.3. The van der Waals surface area contributed by atoms with Crippen molar-refractivity contribution in [2.24, 2.45) is 17.8 Å². The molecule has 4 rings (SSSR count). The lowest BCUT2D eigenvalue weighted by molar-refractivity contribution is -0.134. The van der Waals surface area contributed by atoms with Gasteiger partial charge in [0.1, 0.15) is 5.82 Å². The van der Waals surface area contributed by atoms with Crippen LogP contribution in [0.15, 0.2) is 12.4 Å². The van der Waals surface area contributed by atoms with Gasteiger partial charge in [0.2, 0.25) is 5.91 Å². The highest BCUT2D eigenvalue weighted by Gasteiger charge is 2.43. The number of carbonyl (C=O) groups excluding carboxylic acids is 1. The number of nitrogens with zero attached hydrogens (tertiary/aromatic N) is 3. The molecule has 0 aromatic carbocycles. The molecule has 0 spiro atoms. The van der Waals surface area contributed by atoms with Gasteiger partial charge in [0.15, 0.2) is 0 Å². The molecule has 1 amide bonds. The van der Waals surface area contributed by atoms with Crippen LogP contribution in [0.3, 0.4) is 0 Å². The van der Waals surface area contributed by atoms with Crippen LogP contribution in [-0.2, 0) is 11.2 Å². The Hall–Kier alpha value is -1.32. The third kappa shape index (κ3) is 3.31. The second-order valence-electron chi connectivity index (χ2n) is 7.78. The molecule has 2 saturated carbocycles. The van der Waals surface area contributed by atoms with Gasteiger partial charge < -0.3 is 9.47 Å². The number of carbonyl (C=O) groups is 1. The summed E-state index contributed by atoms with van der Waals surface area (Å²) in [6, 6.07) is 0.422. The van der Waals surface area contributed by atoms with Gasteiger partial charge in [0.25, 0.3) is 0 Å². The minimum atomic E-state index is 0.414. The second kappa shape index (κ2) is 6.29. The highest BCUT2D eigenvalue weighted by molar-refractivity contribution is 5.76. The van der Waals surface area contributed by atoms with E-state index in [-0.39, 0.29) is 0 Å². The van der Waals surface area contributed by atoms with E-state index in [1.54, 1.807) is 0 Å². The summed E-state index contributed by atoms with van der Waals surface area (Å²) in [7, 11) is 0. The number of hydrogen-bond acceptors (Lipinski definition) is 2. The normalized spacial score (nSPS) is 25.1. The first-order valence-electron chi connectivity index (χ1n) is 9.55. The molecule has 23 heavy (non-hydrogen) atoms. The molecular weight excluding hydrogens is 286 g/mol. The van der Waals surface area contributed by atoms with Gasteiger partial charge in [-0.2, -0.15) is 0 Å². The number of hydrogen-bond donors (Lipinski definition) is 0. The Balaban J connectivity index is 1.39. The lowest BCUT2D eigenvalue weighted by Gasteiger charge is -2.35. The van der Waals surface area contributed by atoms with Gasteiger partial charge >= 0.3 is 0 Å². The van der Waals surface area contributed by atoms with Crippen molar-refractivity contribution in [3.63, 3.8) is 0 Å². The van der Waals surface area contributed by atoms with Crippen molar-refractivity contribution in [2.45, 2.75) is 64.3 Å². The fourth-order valence-corrected chi connectivity index (χ4v) is 4.46. The first kappa shape index (κ1) is 15.2. The van der Waals surface area contributed by atoms with E-state index in [9.17, 15) is 4.79 Å². The quantitative estimate of drug-likeness (QED) is 0.806. The zero-order chi connectivity index (χ0) is 15.8. The van der Waals surface area contributed by atoms with Crippen molar-refractivity contribution in [1.82, 2.24) is 14.5 Å². The zero-order valence-electron chi connectivity index (χ0n) is 14.3. The Kier molecular flexibility index (Phi) is 4.16. The van der Waals surface area contributed by atoms with E-state index in [1.165, 1.54) is 32.1 Å². The Morgan fingerprint density at radius 2 is 2.00 bits per heavy atom. The van der Waals surface area contributed by atoms with Gasteiger partial charge in [0, 0.05) is 38.3 Å². The minimum Gasteiger partial charge on any atom is -0.341 e. The lowest BCUT2D eigenvalue weighted by Crippen LogP contribution is -2.41. The topological polar surface area (TPSA) is 38.1 Å². The predicted octanol–water partition coefficient (Wildman–Crippen LogP) is 3.44. The molecule has 0 unspecified atom stereocenters. The van der Waals surface area contributed by atoms with Crippen LogP contribution in [0.25, 0.3) is 0 Å². The van der Waals surface area contributed by atoms with Gasteiger partial charge in [-0.3, -0.25) is 4.79 Å². The van der Waals surface area contributed by atoms with E-state index in [2.05, 4.69) is 27.6 Å². The van der Waals surface area contributed by atoms with E-state index >= 15 is 0 Å². The number of aryl methyl sites for hydroxylation is 1. The van der Waals surface area contributed by atoms with Gasteiger partial charge in [-0.05, 0) is 56.3 Å². The smallest absolute Gasteiger partial charge is 0.222 e. The van der Waals surface area contributed by atoms with Crippen LogP contribution in [0.2, 0.25) is 0 Å². The van der Waals surface area contributed by atoms with Crippen molar-refractivity contribution in [3.05, 3.63) is 18.2 Å². The van der Waals surface area contributed by atoms with Crippen molar-refractivity contribution in [2.75, 3.05) is 13.1 Å². The minimum absolute atomic E-state index is 0.414. The molecule has 2 aliphatic carbocycles. The molecule has 4 nitrogen and oxygen atoms in total. The van der Waals surface area contributed by atoms with Crippen LogP contribution in [0.1, 0.15) is 63.7 Å². The fourth-order valence-electron chi connectivity index (χ4n) is 4.46. The molecule has 4 heteroatoms. The third-order valence-electron chi connectivity index (χ3n) is 6.07. The fraction of sp³-hybridized carbons (Fsp3) is 0.789. The average Bonchev–Trinajstić information content (AvgIpc) is 3.51. The second-order valence-corrected chi connectivity index (χ2v) is 7.78. The summed E-state index contributed by atoms with van der Waals surface area (Å²) in [6.45, 7) is 3.98. The number of aromatic nitrogens is 2. The highest BCUT2D eigenvalue weighted by atomic mass is 16.2. The number of amides is 1. The molecule has 1 aromatic heterocycles. The number of rotatable bonds is 6. The predicted molar refractivity (Wildman–Crippen MR) is 90.0 cm³/mol. The van der Waals surface area contributed by atoms with Crippen molar-refractivity contribution >= 4 is 5.91 Å². The highest BCUT2D eigenvalue weighted by Crippen LogP contribution is 2.50. The molecule has 0 N–H and O–H groups in total. The molecule has 2 heterocycles. The Morgan fingerprint density at radius 3 is 2.65 bits per heavy atom. The Bertz CT molecular complexity index is 547. The van der Waals surface area contributed by atoms with Crippen LogP contribution in [0, 0.1) is 17.8 Å². The molecule has 3 fully saturated rings. The number of imidazole rings is 1. The van der Waals surface area contributed by atoms with Crippen LogP contribution in [0.5, 0.6) is 0 Å². The maximum absolute atomic E-state index is 12.8. The Labute approximate surface area is 139 Å². The molecule has 0 radical (unpaired) electrons. The average molecular weight is 315 g/mol. The number of likely N-dealkylation sites (tertiary alicyclic amines) is 1. The van der Waals surface area contributed by atoms with Crippen LogP contribution in [-0.4, -0.2) is 33.4 Å². The lowest BCUT2D eigenvalue weighted by atomic mass is 9.93. The van der Waals surface area contributed by atoms with Crippen LogP contribution in [0.4, 0.5) is 0 Å². The monoisotopic (exact) mass is 315 g/mol. The summed E-state index contributed by atoms with van der Waals surface area (Å²) in [4.78, 5) is 19.4. The van der Waals surface area contributed by atoms with Gasteiger partial charge in [-0.1, -0.05) is 6.92 Å². The maximum atomic E-state index is 12.8. The largest absolute Gasteiger partial charge is 0.341 e. The molecule has 126 valence electrons. The summed E-state index contributed by atoms with van der Waals surface area (Å²) in [6.07, 6.45) is 13.5. The third-order valence-corrected chi connectivity index (χ3v) is 6.07. The standard InChI is InChI=1S/C19H29N3O/c1-2-18-20-9-11-22(18)16-4-3-10-21(13-16)19(23)12-17(14-5-6-14)15-7-8-15/h9,11,14-17H,2-8,10,12-13H2,1H3/t16-/m0/s1. The van der Waals surface area contributed by atoms with Crippen LogP contribution >= 0.6 is 0 Å². The molecule has 1 atom stereocenters. The summed E-state index contributed by atoms with van der Waals surface area (Å²) >= 11 is 0. The molecular formula is C19H29N3O. The van der Waals surface area contributed by atoms with Gasteiger partial charge in [-0.25, -0.2) is 4.98 Å². The van der Waals surface area contributed by atoms with Crippen molar-refractivity contribution < 1.29 is 4.79 Å². The molecule has 3 aliphatic rings. The summed E-state index contributed by atoms with van der Waals surface area (Å²) in [5.41, 5.74) is 0. The molecule has 1 saturated heterocycles. The van der Waals surface area contributed by atoms with Gasteiger partial charge in [-0.15, -0.1) is 0 Å². The molecule has 0 bridgehead atoms. The first-order chi connectivity index (χ1) is 11.3. The van der Waals surface area contributed by atoms with E-state index in [0.29, 0.717) is 17.9 Å². The molecule has 1 aliphatic heterocycles. The Morgan fingerprint density at radius 1 is 1.26 bits per heavy atom. The van der Waals surface area contributed by atoms with Gasteiger partial charge in [0.05, 0.1) is 6.04 Å². The summed E-state index contributed by atoms with van der Waals surface area (Å²) in [5.74, 6) is 4.00. The van der Waals surface area contributed by atoms with E-state index < -0.39 is 0 Å². The maximum Gasteiger partial charge on any atom is 0.222 e. The first-order valence-corrected chi connectivity index (χ1v) is 9.55. The van der Waals surface area contributed by atoms with E-state index in [4.69, 9.17) is 0 Å².